The van der Waals surface area contributed by atoms with Crippen LogP contribution in [0.3, 0.4) is 0 Å². The van der Waals surface area contributed by atoms with Crippen molar-refractivity contribution in [3.05, 3.63) is 23.8 Å². The second-order valence-corrected chi connectivity index (χ2v) is 3.22. The number of hydrogen-bond acceptors (Lipinski definition) is 4. The van der Waals surface area contributed by atoms with Gasteiger partial charge in [-0.1, -0.05) is 0 Å². The molecule has 15 heavy (non-hydrogen) atoms. The Hall–Kier alpha value is -1.55. The summed E-state index contributed by atoms with van der Waals surface area (Å²) in [5.41, 5.74) is 0.306. The summed E-state index contributed by atoms with van der Waals surface area (Å²) in [6, 6.07) is 3.64. The Morgan fingerprint density at radius 1 is 1.60 bits per heavy atom. The second-order valence-electron chi connectivity index (χ2n) is 3.22. The van der Waals surface area contributed by atoms with Gasteiger partial charge in [0, 0.05) is 9.68 Å². The Balaban J connectivity index is 2.15. The average Bonchev–Trinajstić information content (AvgIpc) is 2.64. The summed E-state index contributed by atoms with van der Waals surface area (Å²) in [7, 11) is 0. The Bertz CT molecular complexity index is 503. The van der Waals surface area contributed by atoms with E-state index in [1.165, 1.54) is 25.1 Å². The molecule has 80 valence electrons. The van der Waals surface area contributed by atoms with E-state index < -0.39 is 19.8 Å². The van der Waals surface area contributed by atoms with Gasteiger partial charge in [-0.25, -0.2) is 0 Å². The molecule has 0 aliphatic carbocycles. The smallest absolute Gasteiger partial charge is 0.231 e. The SMILES string of the molecule is [2H]C1Oc2ccc(C(=O)[C@H](C)NC([2H])([2H])[2H])cc2O1. The quantitative estimate of drug-likeness (QED) is 0.763. The van der Waals surface area contributed by atoms with Crippen molar-refractivity contribution >= 4 is 5.78 Å². The monoisotopic (exact) mass is 211 g/mol. The van der Waals surface area contributed by atoms with Crippen LogP contribution in [0.5, 0.6) is 11.5 Å². The normalized spacial score (nSPS) is 24.7. The zero-order valence-corrected chi connectivity index (χ0v) is 8.11. The van der Waals surface area contributed by atoms with E-state index in [-0.39, 0.29) is 5.78 Å². The molecule has 2 atom stereocenters. The predicted molar refractivity (Wildman–Crippen MR) is 55.4 cm³/mol. The van der Waals surface area contributed by atoms with Gasteiger partial charge < -0.3 is 14.8 Å². The molecule has 0 spiro atoms. The number of fused-ring (bicyclic) bond motifs is 1. The molecule has 0 amide bonds. The van der Waals surface area contributed by atoms with Gasteiger partial charge in [-0.2, -0.15) is 0 Å². The fourth-order valence-corrected chi connectivity index (χ4v) is 1.29. The molecule has 2 rings (SSSR count). The van der Waals surface area contributed by atoms with Crippen molar-refractivity contribution in [2.24, 2.45) is 0 Å². The number of hydrogen-bond donors (Lipinski definition) is 1. The molecule has 0 saturated heterocycles. The summed E-state index contributed by atoms with van der Waals surface area (Å²) >= 11 is 0. The number of ether oxygens (including phenoxy) is 2. The summed E-state index contributed by atoms with van der Waals surface area (Å²) in [6.07, 6.45) is 0. The van der Waals surface area contributed by atoms with Crippen molar-refractivity contribution in [3.63, 3.8) is 0 Å². The van der Waals surface area contributed by atoms with Crippen molar-refractivity contribution < 1.29 is 19.8 Å². The van der Waals surface area contributed by atoms with Gasteiger partial charge in [0.1, 0.15) is 1.37 Å². The highest BCUT2D eigenvalue weighted by Gasteiger charge is 2.18. The van der Waals surface area contributed by atoms with Crippen LogP contribution in [0.25, 0.3) is 0 Å². The van der Waals surface area contributed by atoms with Gasteiger partial charge >= 0.3 is 0 Å². The molecule has 0 radical (unpaired) electrons. The standard InChI is InChI=1S/C11H13NO3/c1-7(12-2)11(13)8-3-4-9-10(5-8)15-6-14-9/h3-5,7,12H,6H2,1-2H3/t7-/m0/s1/i2D3,6D/t6?,7-. The van der Waals surface area contributed by atoms with E-state index in [0.29, 0.717) is 17.1 Å². The maximum Gasteiger partial charge on any atom is 0.231 e. The maximum absolute atomic E-state index is 12.0. The molecule has 0 saturated carbocycles. The van der Waals surface area contributed by atoms with E-state index in [9.17, 15) is 4.79 Å². The Morgan fingerprint density at radius 2 is 2.40 bits per heavy atom. The van der Waals surface area contributed by atoms with E-state index in [1.54, 1.807) is 0 Å². The van der Waals surface area contributed by atoms with Gasteiger partial charge in [-0.15, -0.1) is 0 Å². The zero-order chi connectivity index (χ0) is 14.2. The third kappa shape index (κ3) is 1.80. The van der Waals surface area contributed by atoms with Crippen molar-refractivity contribution in [1.82, 2.24) is 5.32 Å². The average molecular weight is 211 g/mol. The number of nitrogens with one attached hydrogen (secondary N) is 1. The van der Waals surface area contributed by atoms with Crippen molar-refractivity contribution in [3.8, 4) is 11.5 Å². The first kappa shape index (κ1) is 6.12. The summed E-state index contributed by atoms with van der Waals surface area (Å²) < 4.78 is 38.5. The summed E-state index contributed by atoms with van der Waals surface area (Å²) in [4.78, 5) is 12.0. The van der Waals surface area contributed by atoms with E-state index >= 15 is 0 Å². The van der Waals surface area contributed by atoms with Crippen LogP contribution in [-0.4, -0.2) is 25.6 Å². The van der Waals surface area contributed by atoms with E-state index in [1.807, 2.05) is 0 Å². The molecule has 1 N–H and O–H groups in total. The number of rotatable bonds is 3. The highest BCUT2D eigenvalue weighted by Crippen LogP contribution is 2.32. The van der Waals surface area contributed by atoms with Crippen LogP contribution < -0.4 is 14.8 Å². The molecule has 1 aromatic rings. The molecule has 0 fully saturated rings. The van der Waals surface area contributed by atoms with Gasteiger partial charge in [0.2, 0.25) is 6.77 Å². The first-order valence-electron chi connectivity index (χ1n) is 6.55. The number of benzene rings is 1. The first-order valence-corrected chi connectivity index (χ1v) is 4.48. The molecular weight excluding hydrogens is 194 g/mol. The van der Waals surface area contributed by atoms with Gasteiger partial charge in [-0.05, 0) is 32.1 Å². The van der Waals surface area contributed by atoms with E-state index in [0.717, 1.165) is 0 Å². The van der Waals surface area contributed by atoms with Gasteiger partial charge in [0.15, 0.2) is 17.3 Å². The van der Waals surface area contributed by atoms with Crippen molar-refractivity contribution in [1.29, 1.82) is 0 Å². The largest absolute Gasteiger partial charge is 0.454 e. The Morgan fingerprint density at radius 3 is 3.20 bits per heavy atom. The summed E-state index contributed by atoms with van der Waals surface area (Å²) in [6.45, 7) is -2.03. The molecule has 1 aliphatic rings. The molecule has 1 unspecified atom stereocenters. The maximum atomic E-state index is 12.0. The molecule has 1 aromatic carbocycles. The highest BCUT2D eigenvalue weighted by atomic mass is 16.7. The number of ketones is 1. The van der Waals surface area contributed by atoms with Crippen LogP contribution in [-0.2, 0) is 0 Å². The van der Waals surface area contributed by atoms with E-state index in [4.69, 9.17) is 15.0 Å². The third-order valence-corrected chi connectivity index (χ3v) is 2.19. The van der Waals surface area contributed by atoms with Crippen molar-refractivity contribution in [2.75, 3.05) is 13.7 Å². The fourth-order valence-electron chi connectivity index (χ4n) is 1.29. The number of carbonyl (C=O) groups is 1. The lowest BCUT2D eigenvalue weighted by molar-refractivity contribution is 0.0954. The predicted octanol–water partition coefficient (Wildman–Crippen LogP) is 1.21. The molecule has 1 heterocycles. The molecule has 0 bridgehead atoms. The lowest BCUT2D eigenvalue weighted by Gasteiger charge is -2.09. The van der Waals surface area contributed by atoms with Crippen LogP contribution in [0, 0.1) is 0 Å². The van der Waals surface area contributed by atoms with Crippen molar-refractivity contribution in [2.45, 2.75) is 13.0 Å². The Labute approximate surface area is 93.8 Å². The summed E-state index contributed by atoms with van der Waals surface area (Å²) in [5.74, 6) is 0.343. The lowest BCUT2D eigenvalue weighted by Crippen LogP contribution is -2.30. The van der Waals surface area contributed by atoms with Gasteiger partial charge in [0.05, 0.1) is 6.04 Å². The molecule has 1 aliphatic heterocycles. The zero-order valence-electron chi connectivity index (χ0n) is 12.1. The molecule has 4 nitrogen and oxygen atoms in total. The first-order chi connectivity index (χ1) is 8.76. The second kappa shape index (κ2) is 3.90. The molecular formula is C11H13NO3. The number of likely N-dealkylation sites (N-methyl/N-ethyl adjacent to an activating group) is 1. The highest BCUT2D eigenvalue weighted by molar-refractivity contribution is 6.00. The lowest BCUT2D eigenvalue weighted by atomic mass is 10.1. The van der Waals surface area contributed by atoms with Crippen LogP contribution in [0.2, 0.25) is 0 Å². The van der Waals surface area contributed by atoms with Gasteiger partial charge in [-0.3, -0.25) is 4.79 Å². The van der Waals surface area contributed by atoms with Crippen LogP contribution >= 0.6 is 0 Å². The van der Waals surface area contributed by atoms with Crippen LogP contribution in [0.15, 0.2) is 18.2 Å². The minimum Gasteiger partial charge on any atom is -0.454 e. The minimum absolute atomic E-state index is 0.306. The van der Waals surface area contributed by atoms with E-state index in [2.05, 4.69) is 5.32 Å². The van der Waals surface area contributed by atoms with Crippen LogP contribution in [0.4, 0.5) is 0 Å². The molecule has 4 heteroatoms. The fraction of sp³-hybridized carbons (Fsp3) is 0.364. The number of carbonyl (C=O) groups excluding carboxylic acids is 1. The van der Waals surface area contributed by atoms with Gasteiger partial charge in [0.25, 0.3) is 0 Å². The number of Topliss-reactive ketones (excluding diaryl/α,β-unsaturated/α-hetero) is 1. The molecule has 0 aromatic heterocycles. The van der Waals surface area contributed by atoms with Crippen LogP contribution in [0.1, 0.15) is 22.8 Å². The third-order valence-electron chi connectivity index (χ3n) is 2.19. The topological polar surface area (TPSA) is 47.6 Å². The Kier molecular flexibility index (Phi) is 1.59. The minimum atomic E-state index is -2.38. The summed E-state index contributed by atoms with van der Waals surface area (Å²) in [5, 5.41) is 2.24.